The van der Waals surface area contributed by atoms with Crippen LogP contribution in [-0.4, -0.2) is 40.7 Å². The number of likely N-dealkylation sites (tertiary alicyclic amines) is 1. The van der Waals surface area contributed by atoms with Crippen LogP contribution in [0, 0.1) is 0 Å². The van der Waals surface area contributed by atoms with Crippen molar-refractivity contribution in [3.63, 3.8) is 0 Å². The van der Waals surface area contributed by atoms with Crippen LogP contribution in [0.3, 0.4) is 0 Å². The van der Waals surface area contributed by atoms with Gasteiger partial charge in [0.25, 0.3) is 0 Å². The van der Waals surface area contributed by atoms with Gasteiger partial charge in [-0.25, -0.2) is 4.79 Å². The first-order chi connectivity index (χ1) is 9.85. The molecule has 1 aliphatic rings. The Morgan fingerprint density at radius 2 is 2.29 bits per heavy atom. The van der Waals surface area contributed by atoms with Crippen LogP contribution in [0.15, 0.2) is 22.9 Å². The second-order valence-electron chi connectivity index (χ2n) is 6.22. The zero-order chi connectivity index (χ0) is 15.5. The molecule has 1 N–H and O–H groups in total. The van der Waals surface area contributed by atoms with E-state index >= 15 is 0 Å². The minimum atomic E-state index is -0.433. The van der Waals surface area contributed by atoms with E-state index in [-0.39, 0.29) is 12.1 Å². The van der Waals surface area contributed by atoms with Crippen LogP contribution >= 0.6 is 15.9 Å². The van der Waals surface area contributed by atoms with Gasteiger partial charge in [-0.1, -0.05) is 0 Å². The molecule has 21 heavy (non-hydrogen) atoms. The average Bonchev–Trinajstić information content (AvgIpc) is 2.30. The second kappa shape index (κ2) is 6.64. The lowest BCUT2D eigenvalue weighted by molar-refractivity contribution is -0.00597. The van der Waals surface area contributed by atoms with Crippen molar-refractivity contribution >= 4 is 27.7 Å². The highest BCUT2D eigenvalue weighted by Crippen LogP contribution is 2.24. The first kappa shape index (κ1) is 16.1. The summed E-state index contributed by atoms with van der Waals surface area (Å²) in [5.74, 6) is 0. The molecule has 1 atom stereocenters. The Hall–Kier alpha value is -1.30. The number of hydrogen-bond acceptors (Lipinski definition) is 4. The molecule has 0 unspecified atom stereocenters. The van der Waals surface area contributed by atoms with Gasteiger partial charge < -0.3 is 15.0 Å². The maximum Gasteiger partial charge on any atom is 0.410 e. The lowest BCUT2D eigenvalue weighted by Crippen LogP contribution is -2.53. The van der Waals surface area contributed by atoms with Gasteiger partial charge in [-0.15, -0.1) is 0 Å². The van der Waals surface area contributed by atoms with E-state index in [4.69, 9.17) is 4.74 Å². The molecule has 0 radical (unpaired) electrons. The minimum Gasteiger partial charge on any atom is -0.444 e. The van der Waals surface area contributed by atoms with Crippen molar-refractivity contribution in [2.45, 2.75) is 45.3 Å². The molecule has 1 amide bonds. The Kier molecular flexibility index (Phi) is 5.08. The number of halogens is 1. The van der Waals surface area contributed by atoms with E-state index in [1.807, 2.05) is 31.7 Å². The third kappa shape index (κ3) is 4.88. The number of aromatic nitrogens is 1. The fraction of sp³-hybridized carbons (Fsp3) is 0.600. The van der Waals surface area contributed by atoms with Crippen LogP contribution in [0.2, 0.25) is 0 Å². The van der Waals surface area contributed by atoms with Gasteiger partial charge in [-0.3, -0.25) is 4.98 Å². The maximum absolute atomic E-state index is 12.0. The maximum atomic E-state index is 12.0. The Morgan fingerprint density at radius 1 is 1.52 bits per heavy atom. The van der Waals surface area contributed by atoms with Crippen molar-refractivity contribution in [2.75, 3.05) is 18.4 Å². The largest absolute Gasteiger partial charge is 0.444 e. The Labute approximate surface area is 134 Å². The number of amides is 1. The van der Waals surface area contributed by atoms with Crippen LogP contribution in [0.4, 0.5) is 10.5 Å². The highest BCUT2D eigenvalue weighted by molar-refractivity contribution is 9.10. The number of hydrogen-bond donors (Lipinski definition) is 1. The molecule has 1 fully saturated rings. The predicted molar refractivity (Wildman–Crippen MR) is 86.4 cm³/mol. The number of rotatable bonds is 4. The van der Waals surface area contributed by atoms with Gasteiger partial charge in [0.05, 0.1) is 11.9 Å². The first-order valence-corrected chi connectivity index (χ1v) is 7.98. The second-order valence-corrected chi connectivity index (χ2v) is 7.14. The van der Waals surface area contributed by atoms with E-state index in [1.54, 1.807) is 12.4 Å². The molecular weight excluding hydrogens is 334 g/mol. The lowest BCUT2D eigenvalue weighted by atomic mass is 10.0. The monoisotopic (exact) mass is 355 g/mol. The SMILES string of the molecule is CC(C)(C)OC(=O)N1CC[C@H]1CCNc1cncc(Br)c1. The summed E-state index contributed by atoms with van der Waals surface area (Å²) in [6.07, 6.45) is 5.28. The third-order valence-electron chi connectivity index (χ3n) is 3.28. The number of carbonyl (C=O) groups is 1. The molecule has 2 rings (SSSR count). The van der Waals surface area contributed by atoms with E-state index in [2.05, 4.69) is 26.2 Å². The molecule has 6 heteroatoms. The molecular formula is C15H22BrN3O2. The van der Waals surface area contributed by atoms with Gasteiger partial charge in [0.2, 0.25) is 0 Å². The summed E-state index contributed by atoms with van der Waals surface area (Å²) in [5, 5.41) is 3.32. The number of pyridine rings is 1. The van der Waals surface area contributed by atoms with Gasteiger partial charge >= 0.3 is 6.09 Å². The van der Waals surface area contributed by atoms with E-state index in [9.17, 15) is 4.79 Å². The average molecular weight is 356 g/mol. The van der Waals surface area contributed by atoms with E-state index in [0.29, 0.717) is 0 Å². The van der Waals surface area contributed by atoms with Crippen molar-refractivity contribution < 1.29 is 9.53 Å². The van der Waals surface area contributed by atoms with Crippen LogP contribution in [-0.2, 0) is 4.74 Å². The number of nitrogens with zero attached hydrogens (tertiary/aromatic N) is 2. The quantitative estimate of drug-likeness (QED) is 0.895. The molecule has 0 aliphatic carbocycles. The molecule has 1 aromatic rings. The molecule has 5 nitrogen and oxygen atoms in total. The fourth-order valence-electron chi connectivity index (χ4n) is 2.19. The number of ether oxygens (including phenoxy) is 1. The van der Waals surface area contributed by atoms with Gasteiger partial charge in [0.15, 0.2) is 0 Å². The number of carbonyl (C=O) groups excluding carboxylic acids is 1. The summed E-state index contributed by atoms with van der Waals surface area (Å²) in [6, 6.07) is 2.26. The van der Waals surface area contributed by atoms with Crippen LogP contribution < -0.4 is 5.32 Å². The van der Waals surface area contributed by atoms with Crippen molar-refractivity contribution in [2.24, 2.45) is 0 Å². The van der Waals surface area contributed by atoms with Gasteiger partial charge in [-0.05, 0) is 55.6 Å². The molecule has 0 aromatic carbocycles. The Bertz CT molecular complexity index is 502. The zero-order valence-corrected chi connectivity index (χ0v) is 14.3. The molecule has 0 bridgehead atoms. The van der Waals surface area contributed by atoms with Crippen molar-refractivity contribution in [1.29, 1.82) is 0 Å². The standard InChI is InChI=1S/C15H22BrN3O2/c1-15(2,3)21-14(20)19-7-5-13(19)4-6-18-12-8-11(16)9-17-10-12/h8-10,13,18H,4-7H2,1-3H3/t13-/m1/s1. The van der Waals surface area contributed by atoms with Crippen molar-refractivity contribution in [3.8, 4) is 0 Å². The predicted octanol–water partition coefficient (Wildman–Crippen LogP) is 3.66. The number of nitrogens with one attached hydrogen (secondary N) is 1. The van der Waals surface area contributed by atoms with E-state index in [1.165, 1.54) is 0 Å². The van der Waals surface area contributed by atoms with Crippen LogP contribution in [0.25, 0.3) is 0 Å². The summed E-state index contributed by atoms with van der Waals surface area (Å²) in [4.78, 5) is 17.9. The minimum absolute atomic E-state index is 0.206. The van der Waals surface area contributed by atoms with Gasteiger partial charge in [0.1, 0.15) is 5.60 Å². The molecule has 1 saturated heterocycles. The lowest BCUT2D eigenvalue weighted by Gasteiger charge is -2.41. The van der Waals surface area contributed by atoms with Gasteiger partial charge in [0, 0.05) is 29.8 Å². The van der Waals surface area contributed by atoms with Gasteiger partial charge in [-0.2, -0.15) is 0 Å². The third-order valence-corrected chi connectivity index (χ3v) is 3.72. The summed E-state index contributed by atoms with van der Waals surface area (Å²) in [5.41, 5.74) is 0.546. The van der Waals surface area contributed by atoms with E-state index in [0.717, 1.165) is 36.1 Å². The van der Waals surface area contributed by atoms with Crippen LogP contribution in [0.1, 0.15) is 33.6 Å². The summed E-state index contributed by atoms with van der Waals surface area (Å²) >= 11 is 3.39. The summed E-state index contributed by atoms with van der Waals surface area (Å²) in [6.45, 7) is 7.27. The van der Waals surface area contributed by atoms with Crippen molar-refractivity contribution in [3.05, 3.63) is 22.9 Å². The smallest absolute Gasteiger partial charge is 0.410 e. The first-order valence-electron chi connectivity index (χ1n) is 7.19. The molecule has 0 spiro atoms. The topological polar surface area (TPSA) is 54.5 Å². The molecule has 0 saturated carbocycles. The summed E-state index contributed by atoms with van der Waals surface area (Å²) < 4.78 is 6.35. The van der Waals surface area contributed by atoms with Crippen LogP contribution in [0.5, 0.6) is 0 Å². The molecule has 1 aliphatic heterocycles. The van der Waals surface area contributed by atoms with Crippen molar-refractivity contribution in [1.82, 2.24) is 9.88 Å². The highest BCUT2D eigenvalue weighted by Gasteiger charge is 2.34. The highest BCUT2D eigenvalue weighted by atomic mass is 79.9. The van der Waals surface area contributed by atoms with E-state index < -0.39 is 5.60 Å². The molecule has 116 valence electrons. The molecule has 2 heterocycles. The zero-order valence-electron chi connectivity index (χ0n) is 12.7. The number of anilines is 1. The Balaban J connectivity index is 1.75. The normalized spacial score (nSPS) is 18.1. The summed E-state index contributed by atoms with van der Waals surface area (Å²) in [7, 11) is 0. The fourth-order valence-corrected chi connectivity index (χ4v) is 2.56. The molecule has 1 aromatic heterocycles. The Morgan fingerprint density at radius 3 is 2.86 bits per heavy atom.